The summed E-state index contributed by atoms with van der Waals surface area (Å²) < 4.78 is 29.2. The number of hydrogen-bond donors (Lipinski definition) is 1. The van der Waals surface area contributed by atoms with Gasteiger partial charge in [-0.05, 0) is 90.9 Å². The fraction of sp³-hybridized carbons (Fsp3) is 0.212. The van der Waals surface area contributed by atoms with Crippen LogP contribution in [0.2, 0.25) is 0 Å². The molecule has 0 aromatic heterocycles. The van der Waals surface area contributed by atoms with Crippen LogP contribution in [0, 0.1) is 13.8 Å². The van der Waals surface area contributed by atoms with Crippen LogP contribution in [-0.4, -0.2) is 38.3 Å². The van der Waals surface area contributed by atoms with E-state index in [1.807, 2.05) is 50.4 Å². The van der Waals surface area contributed by atoms with Crippen LogP contribution in [0.4, 0.5) is 5.69 Å². The maximum atomic E-state index is 13.9. The number of carboxylic acids is 1. The molecule has 0 spiro atoms. The Morgan fingerprint density at radius 2 is 1.53 bits per heavy atom. The molecule has 4 aromatic rings. The summed E-state index contributed by atoms with van der Waals surface area (Å²) in [5.74, 6) is -1.33. The standard InChI is InChI=1S/C33H34N2O5S2.Li/c1-23-13-16-27(17-14-23)42(39,40)35(26-10-5-4-6-11-26)22-25-15-18-29(30(21-25)28-12-8-7-9-24(28)2)32(36)34-31(33(37)38)19-20-41-3;/h4-18,21,31H,19-20,22H2,1-3H3,(H,34,36)(H,37,38);/q;+1/p-1. The van der Waals surface area contributed by atoms with E-state index >= 15 is 0 Å². The Morgan fingerprint density at radius 3 is 2.16 bits per heavy atom. The van der Waals surface area contributed by atoms with Gasteiger partial charge < -0.3 is 15.2 Å². The van der Waals surface area contributed by atoms with Crippen LogP contribution in [-0.2, 0) is 21.4 Å². The van der Waals surface area contributed by atoms with Gasteiger partial charge in [-0.1, -0.05) is 66.2 Å². The molecule has 43 heavy (non-hydrogen) atoms. The number of sulfonamides is 1. The molecule has 0 bridgehead atoms. The van der Waals surface area contributed by atoms with Crippen molar-refractivity contribution in [1.29, 1.82) is 0 Å². The summed E-state index contributed by atoms with van der Waals surface area (Å²) in [6.45, 7) is 3.83. The number of carbonyl (C=O) groups excluding carboxylic acids is 2. The predicted octanol–water partition coefficient (Wildman–Crippen LogP) is 1.97. The largest absolute Gasteiger partial charge is 1.00 e. The van der Waals surface area contributed by atoms with Crippen molar-refractivity contribution in [3.8, 4) is 11.1 Å². The number of aryl methyl sites for hydroxylation is 2. The molecule has 0 aliphatic heterocycles. The van der Waals surface area contributed by atoms with Crippen molar-refractivity contribution in [3.05, 3.63) is 119 Å². The van der Waals surface area contributed by atoms with Gasteiger partial charge in [0.05, 0.1) is 29.1 Å². The molecule has 1 unspecified atom stereocenters. The fourth-order valence-electron chi connectivity index (χ4n) is 4.62. The van der Waals surface area contributed by atoms with Crippen LogP contribution in [0.25, 0.3) is 11.1 Å². The molecule has 0 saturated carbocycles. The van der Waals surface area contributed by atoms with Gasteiger partial charge in [-0.15, -0.1) is 0 Å². The third kappa shape index (κ3) is 8.33. The zero-order valence-corrected chi connectivity index (χ0v) is 26.4. The predicted molar refractivity (Wildman–Crippen MR) is 167 cm³/mol. The molecule has 1 N–H and O–H groups in total. The molecule has 7 nitrogen and oxygen atoms in total. The number of aliphatic carboxylic acids is 1. The molecular weight excluding hydrogens is 575 g/mol. The maximum absolute atomic E-state index is 13.9. The van der Waals surface area contributed by atoms with E-state index in [0.717, 1.165) is 16.7 Å². The summed E-state index contributed by atoms with van der Waals surface area (Å²) in [5, 5.41) is 14.3. The second-order valence-electron chi connectivity index (χ2n) is 9.98. The van der Waals surface area contributed by atoms with Crippen molar-refractivity contribution in [2.75, 3.05) is 16.3 Å². The van der Waals surface area contributed by atoms with Crippen LogP contribution in [0.5, 0.6) is 0 Å². The smallest absolute Gasteiger partial charge is 0.548 e. The number of nitrogens with one attached hydrogen (secondary N) is 1. The molecule has 10 heteroatoms. The Kier molecular flexibility index (Phi) is 12.1. The summed E-state index contributed by atoms with van der Waals surface area (Å²) in [4.78, 5) is 25.3. The summed E-state index contributed by atoms with van der Waals surface area (Å²) in [7, 11) is -3.94. The third-order valence-electron chi connectivity index (χ3n) is 6.94. The molecule has 0 radical (unpaired) electrons. The Morgan fingerprint density at radius 1 is 0.884 bits per heavy atom. The first kappa shape index (κ1) is 34.0. The zero-order valence-electron chi connectivity index (χ0n) is 24.7. The van der Waals surface area contributed by atoms with Crippen molar-refractivity contribution in [1.82, 2.24) is 5.32 Å². The average Bonchev–Trinajstić information content (AvgIpc) is 2.98. The molecule has 4 aromatic carbocycles. The first-order valence-electron chi connectivity index (χ1n) is 13.5. The molecule has 0 heterocycles. The fourth-order valence-corrected chi connectivity index (χ4v) is 6.54. The quantitative estimate of drug-likeness (QED) is 0.247. The topological polar surface area (TPSA) is 107 Å². The number of benzene rings is 4. The first-order chi connectivity index (χ1) is 20.1. The van der Waals surface area contributed by atoms with Crippen LogP contribution in [0.3, 0.4) is 0 Å². The number of carboxylic acid groups (broad SMARTS) is 1. The minimum Gasteiger partial charge on any atom is -0.548 e. The van der Waals surface area contributed by atoms with Crippen molar-refractivity contribution in [2.24, 2.45) is 0 Å². The third-order valence-corrected chi connectivity index (χ3v) is 9.38. The van der Waals surface area contributed by atoms with Crippen LogP contribution in [0.1, 0.15) is 33.5 Å². The van der Waals surface area contributed by atoms with E-state index in [0.29, 0.717) is 22.6 Å². The molecule has 218 valence electrons. The van der Waals surface area contributed by atoms with E-state index in [4.69, 9.17) is 0 Å². The Bertz CT molecular complexity index is 1660. The monoisotopic (exact) mass is 608 g/mol. The van der Waals surface area contributed by atoms with Crippen molar-refractivity contribution >= 4 is 39.3 Å². The number of para-hydroxylation sites is 1. The normalized spacial score (nSPS) is 11.7. The molecule has 0 aliphatic carbocycles. The number of anilines is 1. The Labute approximate surface area is 269 Å². The number of rotatable bonds is 12. The maximum Gasteiger partial charge on any atom is 1.00 e. The number of nitrogens with zero attached hydrogens (tertiary/aromatic N) is 1. The Balaban J connectivity index is 0.00000506. The first-order valence-corrected chi connectivity index (χ1v) is 16.3. The van der Waals surface area contributed by atoms with Gasteiger partial charge >= 0.3 is 18.9 Å². The molecule has 0 aliphatic rings. The van der Waals surface area contributed by atoms with Gasteiger partial charge in [0.1, 0.15) is 0 Å². The van der Waals surface area contributed by atoms with Gasteiger partial charge in [0.15, 0.2) is 0 Å². The molecule has 0 fully saturated rings. The molecular formula is C33H33LiN2O5S2. The van der Waals surface area contributed by atoms with E-state index in [9.17, 15) is 23.1 Å². The van der Waals surface area contributed by atoms with Crippen LogP contribution < -0.4 is 33.6 Å². The second-order valence-corrected chi connectivity index (χ2v) is 12.8. The van der Waals surface area contributed by atoms with Gasteiger partial charge in [-0.3, -0.25) is 9.10 Å². The minimum absolute atomic E-state index is 0. The number of hydrogen-bond acceptors (Lipinski definition) is 6. The van der Waals surface area contributed by atoms with Gasteiger partial charge in [-0.25, -0.2) is 8.42 Å². The van der Waals surface area contributed by atoms with Crippen LogP contribution in [0.15, 0.2) is 102 Å². The van der Waals surface area contributed by atoms with Gasteiger partial charge in [0.2, 0.25) is 0 Å². The van der Waals surface area contributed by atoms with Crippen molar-refractivity contribution in [3.63, 3.8) is 0 Å². The summed E-state index contributed by atoms with van der Waals surface area (Å²) >= 11 is 1.48. The number of carbonyl (C=O) groups is 2. The van der Waals surface area contributed by atoms with Crippen molar-refractivity contribution in [2.45, 2.75) is 37.8 Å². The van der Waals surface area contributed by atoms with E-state index in [-0.39, 0.29) is 42.3 Å². The Hall–Kier alpha value is -3.48. The summed E-state index contributed by atoms with van der Waals surface area (Å²) in [6, 6.07) is 27.1. The minimum atomic E-state index is -3.94. The van der Waals surface area contributed by atoms with Crippen molar-refractivity contribution < 1.29 is 42.0 Å². The summed E-state index contributed by atoms with van der Waals surface area (Å²) in [5.41, 5.74) is 4.67. The molecule has 4 rings (SSSR count). The van der Waals surface area contributed by atoms with E-state index < -0.39 is 27.9 Å². The number of thioether (sulfide) groups is 1. The van der Waals surface area contributed by atoms with Gasteiger partial charge in [0.25, 0.3) is 15.9 Å². The molecule has 1 amide bonds. The number of amides is 1. The SMILES string of the molecule is CSCCC(NC(=O)c1ccc(CN(c2ccccc2)S(=O)(=O)c2ccc(C)cc2)cc1-c1ccccc1C)C(=O)[O-].[Li+]. The second kappa shape index (κ2) is 15.3. The van der Waals surface area contributed by atoms with E-state index in [2.05, 4.69) is 5.32 Å². The molecule has 0 saturated heterocycles. The van der Waals surface area contributed by atoms with E-state index in [1.54, 1.807) is 66.7 Å². The summed E-state index contributed by atoms with van der Waals surface area (Å²) in [6.07, 6.45) is 2.09. The average molecular weight is 609 g/mol. The molecule has 1 atom stereocenters. The van der Waals surface area contributed by atoms with Gasteiger partial charge in [-0.2, -0.15) is 11.8 Å². The van der Waals surface area contributed by atoms with E-state index in [1.165, 1.54) is 16.1 Å². The van der Waals surface area contributed by atoms with Gasteiger partial charge in [0, 0.05) is 5.56 Å². The van der Waals surface area contributed by atoms with Crippen LogP contribution >= 0.6 is 11.8 Å². The zero-order chi connectivity index (χ0) is 30.3.